The van der Waals surface area contributed by atoms with Gasteiger partial charge in [0.05, 0.1) is 0 Å². The molecule has 22 heavy (non-hydrogen) atoms. The fourth-order valence-corrected chi connectivity index (χ4v) is 22.4. The summed E-state index contributed by atoms with van der Waals surface area (Å²) >= 11 is 0. The van der Waals surface area contributed by atoms with E-state index >= 15 is 0 Å². The minimum atomic E-state index is -1.86. The molecule has 1 rings (SSSR count). The Morgan fingerprint density at radius 2 is 1.00 bits per heavy atom. The zero-order valence-electron chi connectivity index (χ0n) is 16.9. The summed E-state index contributed by atoms with van der Waals surface area (Å²) in [5.74, 6) is 0. The molecule has 0 heterocycles. The smallest absolute Gasteiger partial charge is 0.135 e. The molecule has 3 heteroatoms. The molecule has 0 aromatic rings. The van der Waals surface area contributed by atoms with E-state index in [1.165, 1.54) is 0 Å². The summed E-state index contributed by atoms with van der Waals surface area (Å²) < 4.78 is 4.44. The van der Waals surface area contributed by atoms with Crippen LogP contribution >= 0.6 is 0 Å². The molecule has 0 spiro atoms. The maximum absolute atomic E-state index is 4.44. The lowest BCUT2D eigenvalue weighted by Gasteiger charge is -2.62. The third-order valence-corrected chi connectivity index (χ3v) is 18.3. The average molecular weight is 338 g/mol. The van der Waals surface area contributed by atoms with Crippen LogP contribution in [0.5, 0.6) is 0 Å². The van der Waals surface area contributed by atoms with E-state index < -0.39 is 16.5 Å². The number of hydrogen-bond acceptors (Lipinski definition) is 1. The Balaban J connectivity index is 3.45. The van der Waals surface area contributed by atoms with Crippen LogP contribution in [0.2, 0.25) is 33.7 Å². The van der Waals surface area contributed by atoms with Gasteiger partial charge in [-0.3, -0.25) is 0 Å². The van der Waals surface area contributed by atoms with Crippen LogP contribution in [0.25, 0.3) is 0 Å². The normalized spacial score (nSPS) is 18.3. The summed E-state index contributed by atoms with van der Waals surface area (Å²) in [4.78, 5) is 0. The second kappa shape index (κ2) is 5.75. The molecule has 1 nitrogen and oxygen atoms in total. The van der Waals surface area contributed by atoms with Gasteiger partial charge in [0.25, 0.3) is 0 Å². The minimum Gasteiger partial charge on any atom is -0.358 e. The SMILES string of the molecule is CC(C)(C)[Si](N[Si](C)(C)C1C=CC=C1)(C(C)(C)C)C(C)(C)C. The lowest BCUT2D eigenvalue weighted by molar-refractivity contribution is 0.519. The second-order valence-corrected chi connectivity index (χ2v) is 21.8. The Morgan fingerprint density at radius 1 is 0.682 bits per heavy atom. The molecule has 1 N–H and O–H groups in total. The Bertz CT molecular complexity index is 405. The molecule has 0 unspecified atom stereocenters. The molecule has 1 aliphatic carbocycles. The fourth-order valence-electron chi connectivity index (χ4n) is 5.42. The van der Waals surface area contributed by atoms with Crippen molar-refractivity contribution in [1.29, 1.82) is 0 Å². The van der Waals surface area contributed by atoms with Crippen molar-refractivity contribution in [3.05, 3.63) is 24.3 Å². The lowest BCUT2D eigenvalue weighted by atomic mass is 10.2. The molecule has 128 valence electrons. The number of allylic oxidation sites excluding steroid dienone is 4. The van der Waals surface area contributed by atoms with Crippen LogP contribution in [-0.4, -0.2) is 16.5 Å². The number of rotatable bonds is 3. The van der Waals surface area contributed by atoms with Gasteiger partial charge in [0.15, 0.2) is 0 Å². The van der Waals surface area contributed by atoms with Gasteiger partial charge < -0.3 is 4.65 Å². The third-order valence-electron chi connectivity index (χ3n) is 5.47. The molecule has 0 radical (unpaired) electrons. The highest BCUT2D eigenvalue weighted by Crippen LogP contribution is 2.61. The molecule has 0 aromatic heterocycles. The molecule has 1 aliphatic rings. The first-order valence-electron chi connectivity index (χ1n) is 8.71. The standard InChI is InChI=1S/C19H39NSi2/c1-17(2,3)22(18(4,5)6,19(7,8)9)20-21(10,11)16-14-12-13-15-16/h12-16,20H,1-11H3. The van der Waals surface area contributed by atoms with E-state index in [-0.39, 0.29) is 0 Å². The van der Waals surface area contributed by atoms with Crippen LogP contribution in [0, 0.1) is 0 Å². The highest BCUT2D eigenvalue weighted by molar-refractivity contribution is 6.97. The van der Waals surface area contributed by atoms with Crippen molar-refractivity contribution in [2.75, 3.05) is 0 Å². The van der Waals surface area contributed by atoms with E-state index in [1.807, 2.05) is 0 Å². The van der Waals surface area contributed by atoms with Gasteiger partial charge in [-0.2, -0.15) is 0 Å². The largest absolute Gasteiger partial charge is 0.358 e. The maximum Gasteiger partial charge on any atom is 0.135 e. The van der Waals surface area contributed by atoms with Gasteiger partial charge in [-0.1, -0.05) is 99.7 Å². The van der Waals surface area contributed by atoms with Crippen LogP contribution in [0.4, 0.5) is 0 Å². The van der Waals surface area contributed by atoms with Gasteiger partial charge in [0.2, 0.25) is 0 Å². The van der Waals surface area contributed by atoms with Gasteiger partial charge in [-0.05, 0) is 15.1 Å². The summed E-state index contributed by atoms with van der Waals surface area (Å²) in [6, 6.07) is 0. The highest BCUT2D eigenvalue weighted by Gasteiger charge is 2.61. The monoisotopic (exact) mass is 337 g/mol. The zero-order valence-corrected chi connectivity index (χ0v) is 18.9. The van der Waals surface area contributed by atoms with Crippen LogP contribution < -0.4 is 4.65 Å². The Morgan fingerprint density at radius 3 is 1.27 bits per heavy atom. The van der Waals surface area contributed by atoms with E-state index in [4.69, 9.17) is 0 Å². The molecule has 0 bridgehead atoms. The predicted octanol–water partition coefficient (Wildman–Crippen LogP) is 6.62. The molecule has 0 saturated heterocycles. The van der Waals surface area contributed by atoms with Crippen molar-refractivity contribution in [2.45, 2.75) is 96.1 Å². The molecule has 0 aromatic carbocycles. The van der Waals surface area contributed by atoms with Crippen LogP contribution in [0.3, 0.4) is 0 Å². The minimum absolute atomic E-state index is 0.305. The molecule has 0 fully saturated rings. The summed E-state index contributed by atoms with van der Waals surface area (Å²) in [5, 5.41) is 0.916. The second-order valence-electron chi connectivity index (χ2n) is 10.6. The number of nitrogens with one attached hydrogen (secondary N) is 1. The van der Waals surface area contributed by atoms with Gasteiger partial charge in [0, 0.05) is 5.54 Å². The van der Waals surface area contributed by atoms with Crippen molar-refractivity contribution in [2.24, 2.45) is 0 Å². The van der Waals surface area contributed by atoms with Gasteiger partial charge in [0.1, 0.15) is 16.5 Å². The summed E-state index contributed by atoms with van der Waals surface area (Å²) in [6.45, 7) is 27.2. The maximum atomic E-state index is 4.44. The molecule has 0 amide bonds. The zero-order chi connectivity index (χ0) is 17.6. The molecule has 0 aliphatic heterocycles. The quantitative estimate of drug-likeness (QED) is 0.570. The molecule has 0 saturated carbocycles. The summed E-state index contributed by atoms with van der Waals surface area (Å²) in [5.41, 5.74) is 0.617. The van der Waals surface area contributed by atoms with E-state index in [0.717, 1.165) is 0 Å². The number of hydrogen-bond donors (Lipinski definition) is 1. The molecular formula is C19H39NSi2. The van der Waals surface area contributed by atoms with Crippen molar-refractivity contribution in [1.82, 2.24) is 4.65 Å². The van der Waals surface area contributed by atoms with E-state index in [2.05, 4.69) is 104 Å². The first kappa shape index (κ1) is 19.9. The van der Waals surface area contributed by atoms with E-state index in [9.17, 15) is 0 Å². The van der Waals surface area contributed by atoms with Crippen molar-refractivity contribution in [3.8, 4) is 0 Å². The van der Waals surface area contributed by atoms with E-state index in [0.29, 0.717) is 20.7 Å². The highest BCUT2D eigenvalue weighted by atomic mass is 28.4. The van der Waals surface area contributed by atoms with Gasteiger partial charge >= 0.3 is 0 Å². The summed E-state index contributed by atoms with van der Waals surface area (Å²) in [6.07, 6.45) is 9.23. The van der Waals surface area contributed by atoms with Crippen molar-refractivity contribution in [3.63, 3.8) is 0 Å². The van der Waals surface area contributed by atoms with Crippen LogP contribution in [0.1, 0.15) is 62.3 Å². The lowest BCUT2D eigenvalue weighted by Crippen LogP contribution is -2.75. The molecular weight excluding hydrogens is 298 g/mol. The summed E-state index contributed by atoms with van der Waals surface area (Å²) in [7, 11) is -3.46. The first-order valence-corrected chi connectivity index (χ1v) is 13.8. The Labute approximate surface area is 141 Å². The van der Waals surface area contributed by atoms with Gasteiger partial charge in [-0.25, -0.2) is 0 Å². The average Bonchev–Trinajstić information content (AvgIpc) is 2.74. The predicted molar refractivity (Wildman–Crippen MR) is 108 cm³/mol. The van der Waals surface area contributed by atoms with Gasteiger partial charge in [-0.15, -0.1) is 0 Å². The topological polar surface area (TPSA) is 12.0 Å². The molecule has 0 atom stereocenters. The van der Waals surface area contributed by atoms with Crippen LogP contribution in [-0.2, 0) is 0 Å². The van der Waals surface area contributed by atoms with Crippen LogP contribution in [0.15, 0.2) is 24.3 Å². The Hall–Kier alpha value is -0.126. The fraction of sp³-hybridized carbons (Fsp3) is 0.789. The van der Waals surface area contributed by atoms with Crippen molar-refractivity contribution >= 4 is 16.5 Å². The Kier molecular flexibility index (Phi) is 5.20. The van der Waals surface area contributed by atoms with Crippen molar-refractivity contribution < 1.29 is 0 Å². The first-order chi connectivity index (χ1) is 9.56. The van der Waals surface area contributed by atoms with E-state index in [1.54, 1.807) is 0 Å². The third kappa shape index (κ3) is 3.36.